The molecule has 0 aliphatic heterocycles. The van der Waals surface area contributed by atoms with Crippen molar-refractivity contribution in [3.8, 4) is 11.5 Å². The van der Waals surface area contributed by atoms with E-state index in [4.69, 9.17) is 0 Å². The highest BCUT2D eigenvalue weighted by Crippen LogP contribution is 2.33. The summed E-state index contributed by atoms with van der Waals surface area (Å²) in [4.78, 5) is 14.2. The van der Waals surface area contributed by atoms with Gasteiger partial charge in [-0.15, -0.1) is 0 Å². The Morgan fingerprint density at radius 2 is 0.806 bits per heavy atom. The van der Waals surface area contributed by atoms with Crippen LogP contribution < -0.4 is 0 Å². The summed E-state index contributed by atoms with van der Waals surface area (Å²) in [6, 6.07) is 7.11. The monoisotopic (exact) mass is 494 g/mol. The molecule has 0 saturated carbocycles. The molecule has 0 atom stereocenters. The van der Waals surface area contributed by atoms with Crippen molar-refractivity contribution in [2.75, 3.05) is 0 Å². The number of hydrogen-bond donors (Lipinski definition) is 2. The number of carbonyl (C=O) groups excluding carboxylic acids is 1. The molecule has 0 aromatic heterocycles. The van der Waals surface area contributed by atoms with Gasteiger partial charge in [0.15, 0.2) is 5.78 Å². The molecule has 0 aliphatic rings. The van der Waals surface area contributed by atoms with Gasteiger partial charge in [-0.2, -0.15) is 0 Å². The van der Waals surface area contributed by atoms with E-state index >= 15 is 0 Å². The first kappa shape index (κ1) is 29.9. The quantitative estimate of drug-likeness (QED) is 0.160. The highest BCUT2D eigenvalue weighted by molar-refractivity contribution is 6.11. The summed E-state index contributed by atoms with van der Waals surface area (Å²) in [5, 5.41) is 21.6. The van der Waals surface area contributed by atoms with Crippen LogP contribution in [0, 0.1) is 0 Å². The van der Waals surface area contributed by atoms with Crippen LogP contribution in [0.15, 0.2) is 24.3 Å². The lowest BCUT2D eigenvalue weighted by Crippen LogP contribution is -2.13. The van der Waals surface area contributed by atoms with E-state index in [1.165, 1.54) is 0 Å². The summed E-state index contributed by atoms with van der Waals surface area (Å²) in [5.41, 5.74) is 5.45. The summed E-state index contributed by atoms with van der Waals surface area (Å²) in [6.45, 7) is 8.75. The minimum atomic E-state index is 0.0430. The smallest absolute Gasteiger partial charge is 0.193 e. The number of ketones is 1. The minimum Gasteiger partial charge on any atom is -0.508 e. The summed E-state index contributed by atoms with van der Waals surface area (Å²) >= 11 is 0. The summed E-state index contributed by atoms with van der Waals surface area (Å²) in [6.07, 6.45) is 16.3. The van der Waals surface area contributed by atoms with Crippen LogP contribution in [0.4, 0.5) is 0 Å². The van der Waals surface area contributed by atoms with Gasteiger partial charge in [-0.1, -0.05) is 79.1 Å². The van der Waals surface area contributed by atoms with Gasteiger partial charge in [-0.05, 0) is 97.9 Å². The van der Waals surface area contributed by atoms with Gasteiger partial charge < -0.3 is 10.2 Å². The van der Waals surface area contributed by atoms with Gasteiger partial charge in [0.25, 0.3) is 0 Å². The molecular formula is C33H50O3. The molecule has 2 N–H and O–H groups in total. The third-order valence-electron chi connectivity index (χ3n) is 7.42. The largest absolute Gasteiger partial charge is 0.508 e. The van der Waals surface area contributed by atoms with Crippen molar-refractivity contribution >= 4 is 5.78 Å². The van der Waals surface area contributed by atoms with Crippen LogP contribution >= 0.6 is 0 Å². The molecule has 2 aromatic carbocycles. The third kappa shape index (κ3) is 8.39. The molecule has 3 heteroatoms. The number of carbonyl (C=O) groups is 1. The van der Waals surface area contributed by atoms with Gasteiger partial charge in [-0.25, -0.2) is 0 Å². The van der Waals surface area contributed by atoms with Crippen molar-refractivity contribution < 1.29 is 15.0 Å². The second-order valence-corrected chi connectivity index (χ2v) is 10.3. The lowest BCUT2D eigenvalue weighted by atomic mass is 9.85. The first-order valence-corrected chi connectivity index (χ1v) is 14.7. The lowest BCUT2D eigenvalue weighted by Gasteiger charge is -2.19. The SMILES string of the molecule is CCCCCc1c(O)ccc(C(=O)c2ccc(O)c(CCCCC)c2CCCCC)c1CCCCC. The second-order valence-electron chi connectivity index (χ2n) is 10.3. The Kier molecular flexibility index (Phi) is 13.7. The van der Waals surface area contributed by atoms with Crippen molar-refractivity contribution in [2.24, 2.45) is 0 Å². The van der Waals surface area contributed by atoms with Crippen LogP contribution in [0.5, 0.6) is 11.5 Å². The predicted molar refractivity (Wildman–Crippen MR) is 153 cm³/mol. The van der Waals surface area contributed by atoms with E-state index in [9.17, 15) is 15.0 Å². The third-order valence-corrected chi connectivity index (χ3v) is 7.42. The van der Waals surface area contributed by atoms with Gasteiger partial charge >= 0.3 is 0 Å². The van der Waals surface area contributed by atoms with Crippen LogP contribution in [0.3, 0.4) is 0 Å². The summed E-state index contributed by atoms with van der Waals surface area (Å²) < 4.78 is 0. The molecule has 0 unspecified atom stereocenters. The maximum atomic E-state index is 14.2. The average molecular weight is 495 g/mol. The van der Waals surface area contributed by atoms with Crippen LogP contribution in [-0.4, -0.2) is 16.0 Å². The Hall–Kier alpha value is -2.29. The van der Waals surface area contributed by atoms with Crippen LogP contribution in [0.25, 0.3) is 0 Å². The number of hydrogen-bond acceptors (Lipinski definition) is 3. The number of phenols is 2. The Morgan fingerprint density at radius 3 is 1.11 bits per heavy atom. The maximum absolute atomic E-state index is 14.2. The number of rotatable bonds is 18. The Morgan fingerprint density at radius 1 is 0.500 bits per heavy atom. The molecule has 200 valence electrons. The van der Waals surface area contributed by atoms with E-state index in [0.29, 0.717) is 11.5 Å². The maximum Gasteiger partial charge on any atom is 0.193 e. The Labute approximate surface area is 220 Å². The number of benzene rings is 2. The summed E-state index contributed by atoms with van der Waals surface area (Å²) in [7, 11) is 0. The molecule has 0 bridgehead atoms. The van der Waals surface area contributed by atoms with E-state index in [1.54, 1.807) is 12.1 Å². The number of phenolic OH excluding ortho intramolecular Hbond substituents is 2. The van der Waals surface area contributed by atoms with Gasteiger partial charge in [0.2, 0.25) is 0 Å². The Balaban J connectivity index is 2.57. The zero-order valence-electron chi connectivity index (χ0n) is 23.4. The molecule has 0 amide bonds. The average Bonchev–Trinajstić information content (AvgIpc) is 2.87. The van der Waals surface area contributed by atoms with Crippen molar-refractivity contribution in [2.45, 2.75) is 130 Å². The fraction of sp³-hybridized carbons (Fsp3) is 0.606. The van der Waals surface area contributed by atoms with Gasteiger partial charge in [0.1, 0.15) is 11.5 Å². The highest BCUT2D eigenvalue weighted by Gasteiger charge is 2.23. The lowest BCUT2D eigenvalue weighted by molar-refractivity contribution is 0.103. The van der Waals surface area contributed by atoms with Gasteiger partial charge in [0, 0.05) is 11.1 Å². The molecule has 0 spiro atoms. The topological polar surface area (TPSA) is 57.5 Å². The fourth-order valence-corrected chi connectivity index (χ4v) is 5.27. The molecule has 2 rings (SSSR count). The van der Waals surface area contributed by atoms with E-state index in [-0.39, 0.29) is 5.78 Å². The van der Waals surface area contributed by atoms with Crippen LogP contribution in [0.2, 0.25) is 0 Å². The van der Waals surface area contributed by atoms with E-state index in [2.05, 4.69) is 27.7 Å². The van der Waals surface area contributed by atoms with Gasteiger partial charge in [-0.3, -0.25) is 4.79 Å². The molecular weight excluding hydrogens is 444 g/mol. The minimum absolute atomic E-state index is 0.0430. The molecule has 0 aliphatic carbocycles. The van der Waals surface area contributed by atoms with Crippen molar-refractivity contribution in [3.63, 3.8) is 0 Å². The normalized spacial score (nSPS) is 11.2. The zero-order chi connectivity index (χ0) is 26.3. The molecule has 36 heavy (non-hydrogen) atoms. The predicted octanol–water partition coefficient (Wildman–Crippen LogP) is 9.26. The molecule has 3 nitrogen and oxygen atoms in total. The summed E-state index contributed by atoms with van der Waals surface area (Å²) in [5.74, 6) is 0.688. The molecule has 2 aromatic rings. The molecule has 0 heterocycles. The first-order valence-electron chi connectivity index (χ1n) is 14.7. The van der Waals surface area contributed by atoms with Crippen LogP contribution in [0.1, 0.15) is 143 Å². The highest BCUT2D eigenvalue weighted by atomic mass is 16.3. The van der Waals surface area contributed by atoms with E-state index in [1.807, 2.05) is 12.1 Å². The Bertz CT molecular complexity index is 869. The standard InChI is InChI=1S/C33H50O3/c1-5-9-13-17-25-27(19-15-11-7-3)31(34)23-21-29(25)33(36)30-22-24-32(35)28(20-16-12-8-4)26(30)18-14-10-6-2/h21-24,34-35H,5-20H2,1-4H3. The van der Waals surface area contributed by atoms with Crippen LogP contribution in [-0.2, 0) is 25.7 Å². The van der Waals surface area contributed by atoms with E-state index < -0.39 is 0 Å². The number of aromatic hydroxyl groups is 2. The molecule has 0 saturated heterocycles. The van der Waals surface area contributed by atoms with Crippen molar-refractivity contribution in [1.82, 2.24) is 0 Å². The van der Waals surface area contributed by atoms with Crippen molar-refractivity contribution in [1.29, 1.82) is 0 Å². The molecule has 0 radical (unpaired) electrons. The van der Waals surface area contributed by atoms with Crippen molar-refractivity contribution in [3.05, 3.63) is 57.6 Å². The van der Waals surface area contributed by atoms with E-state index in [0.717, 1.165) is 136 Å². The van der Waals surface area contributed by atoms with Gasteiger partial charge in [0.05, 0.1) is 0 Å². The molecule has 0 fully saturated rings. The first-order chi connectivity index (χ1) is 17.5. The fourth-order valence-electron chi connectivity index (χ4n) is 5.27. The zero-order valence-corrected chi connectivity index (χ0v) is 23.4. The second kappa shape index (κ2) is 16.5. The number of unbranched alkanes of at least 4 members (excludes halogenated alkanes) is 8.